The fourth-order valence-electron chi connectivity index (χ4n) is 1.82. The van der Waals surface area contributed by atoms with Gasteiger partial charge in [-0.15, -0.1) is 0 Å². The molecule has 0 nitrogen and oxygen atoms in total. The highest BCUT2D eigenvalue weighted by Crippen LogP contribution is 2.36. The number of allylic oxidation sites excluding steroid dienone is 2. The summed E-state index contributed by atoms with van der Waals surface area (Å²) in [6, 6.07) is 6.52. The monoisotopic (exact) mass is 222 g/mol. The Labute approximate surface area is 81.4 Å². The Kier molecular flexibility index (Phi) is 1.84. The third-order valence-corrected chi connectivity index (χ3v) is 2.92. The first-order chi connectivity index (χ1) is 5.68. The summed E-state index contributed by atoms with van der Waals surface area (Å²) in [5, 5.41) is 0. The van der Waals surface area contributed by atoms with Crippen LogP contribution in [0.15, 0.2) is 28.7 Å². The molecule has 1 aromatic rings. The van der Waals surface area contributed by atoms with E-state index in [1.54, 1.807) is 0 Å². The molecule has 12 heavy (non-hydrogen) atoms. The van der Waals surface area contributed by atoms with Crippen molar-refractivity contribution in [2.75, 3.05) is 0 Å². The average molecular weight is 223 g/mol. The van der Waals surface area contributed by atoms with Crippen LogP contribution in [0.25, 0.3) is 5.57 Å². The lowest BCUT2D eigenvalue weighted by Crippen LogP contribution is -1.86. The highest BCUT2D eigenvalue weighted by molar-refractivity contribution is 9.10. The summed E-state index contributed by atoms with van der Waals surface area (Å²) in [5.74, 6) is 0.591. The Morgan fingerprint density at radius 1 is 1.33 bits per heavy atom. The van der Waals surface area contributed by atoms with Gasteiger partial charge in [0.25, 0.3) is 0 Å². The standard InChI is InChI=1S/C11H11Br/c1-7-5-8(2)11-6-9(12)3-4-10(7)11/h3-7H,1-2H3. The van der Waals surface area contributed by atoms with Gasteiger partial charge >= 0.3 is 0 Å². The first-order valence-electron chi connectivity index (χ1n) is 4.17. The van der Waals surface area contributed by atoms with Crippen LogP contribution in [0, 0.1) is 0 Å². The van der Waals surface area contributed by atoms with Crippen LogP contribution in [0.3, 0.4) is 0 Å². The molecule has 1 unspecified atom stereocenters. The van der Waals surface area contributed by atoms with Gasteiger partial charge in [0.2, 0.25) is 0 Å². The Morgan fingerprint density at radius 3 is 2.83 bits per heavy atom. The van der Waals surface area contributed by atoms with Crippen LogP contribution in [0.1, 0.15) is 30.9 Å². The summed E-state index contributed by atoms with van der Waals surface area (Å²) < 4.78 is 1.17. The van der Waals surface area contributed by atoms with Gasteiger partial charge in [0.15, 0.2) is 0 Å². The molecule has 2 rings (SSSR count). The van der Waals surface area contributed by atoms with Crippen LogP contribution in [0.5, 0.6) is 0 Å². The molecular weight excluding hydrogens is 212 g/mol. The van der Waals surface area contributed by atoms with Crippen LogP contribution in [-0.2, 0) is 0 Å². The second kappa shape index (κ2) is 2.74. The molecule has 1 aromatic carbocycles. The zero-order chi connectivity index (χ0) is 8.72. The summed E-state index contributed by atoms with van der Waals surface area (Å²) >= 11 is 3.49. The Morgan fingerprint density at radius 2 is 2.08 bits per heavy atom. The Balaban J connectivity index is 2.61. The summed E-state index contributed by atoms with van der Waals surface area (Å²) in [5.41, 5.74) is 4.26. The smallest absolute Gasteiger partial charge is 0.0181 e. The molecule has 1 atom stereocenters. The number of rotatable bonds is 0. The second-order valence-corrected chi connectivity index (χ2v) is 4.29. The van der Waals surface area contributed by atoms with E-state index in [-0.39, 0.29) is 0 Å². The summed E-state index contributed by atoms with van der Waals surface area (Å²) in [7, 11) is 0. The van der Waals surface area contributed by atoms with E-state index in [4.69, 9.17) is 0 Å². The van der Waals surface area contributed by atoms with Gasteiger partial charge in [-0.2, -0.15) is 0 Å². The highest BCUT2D eigenvalue weighted by atomic mass is 79.9. The van der Waals surface area contributed by atoms with Crippen molar-refractivity contribution in [3.63, 3.8) is 0 Å². The first-order valence-corrected chi connectivity index (χ1v) is 4.96. The number of hydrogen-bond acceptors (Lipinski definition) is 0. The topological polar surface area (TPSA) is 0 Å². The molecule has 1 aliphatic carbocycles. The predicted molar refractivity (Wildman–Crippen MR) is 56.2 cm³/mol. The van der Waals surface area contributed by atoms with E-state index in [0.717, 1.165) is 0 Å². The number of fused-ring (bicyclic) bond motifs is 1. The molecule has 0 heterocycles. The van der Waals surface area contributed by atoms with E-state index < -0.39 is 0 Å². The molecule has 0 saturated heterocycles. The van der Waals surface area contributed by atoms with E-state index in [1.807, 2.05) is 0 Å². The van der Waals surface area contributed by atoms with Crippen LogP contribution < -0.4 is 0 Å². The lowest BCUT2D eigenvalue weighted by molar-refractivity contribution is 0.989. The number of halogens is 1. The van der Waals surface area contributed by atoms with Gasteiger partial charge in [-0.05, 0) is 35.8 Å². The minimum Gasteiger partial charge on any atom is -0.0737 e. The first kappa shape index (κ1) is 8.06. The quantitative estimate of drug-likeness (QED) is 0.624. The molecule has 0 radical (unpaired) electrons. The molecule has 0 saturated carbocycles. The predicted octanol–water partition coefficient (Wildman–Crippen LogP) is 3.97. The van der Waals surface area contributed by atoms with Crippen molar-refractivity contribution in [2.45, 2.75) is 19.8 Å². The van der Waals surface area contributed by atoms with E-state index in [1.165, 1.54) is 21.2 Å². The molecule has 62 valence electrons. The van der Waals surface area contributed by atoms with Gasteiger partial charge in [0.05, 0.1) is 0 Å². The van der Waals surface area contributed by atoms with Crippen LogP contribution >= 0.6 is 15.9 Å². The fraction of sp³-hybridized carbons (Fsp3) is 0.273. The maximum Gasteiger partial charge on any atom is 0.0181 e. The summed E-state index contributed by atoms with van der Waals surface area (Å²) in [4.78, 5) is 0. The molecule has 0 fully saturated rings. The van der Waals surface area contributed by atoms with Gasteiger partial charge in [-0.25, -0.2) is 0 Å². The molecule has 0 aliphatic heterocycles. The fourth-order valence-corrected chi connectivity index (χ4v) is 2.18. The third-order valence-electron chi connectivity index (χ3n) is 2.43. The molecule has 0 aromatic heterocycles. The normalized spacial score (nSPS) is 20.6. The third kappa shape index (κ3) is 1.13. The van der Waals surface area contributed by atoms with Gasteiger partial charge in [0, 0.05) is 10.4 Å². The van der Waals surface area contributed by atoms with Crippen molar-refractivity contribution in [2.24, 2.45) is 0 Å². The number of hydrogen-bond donors (Lipinski definition) is 0. The molecule has 1 heteroatoms. The maximum absolute atomic E-state index is 3.49. The largest absolute Gasteiger partial charge is 0.0737 e. The van der Waals surface area contributed by atoms with Gasteiger partial charge in [-0.3, -0.25) is 0 Å². The molecule has 0 bridgehead atoms. The highest BCUT2D eigenvalue weighted by Gasteiger charge is 2.16. The minimum absolute atomic E-state index is 0.591. The van der Waals surface area contributed by atoms with Crippen molar-refractivity contribution >= 4 is 21.5 Å². The Bertz CT molecular complexity index is 350. The van der Waals surface area contributed by atoms with E-state index in [0.29, 0.717) is 5.92 Å². The van der Waals surface area contributed by atoms with Gasteiger partial charge in [-0.1, -0.05) is 35.0 Å². The van der Waals surface area contributed by atoms with Crippen molar-refractivity contribution in [3.8, 4) is 0 Å². The van der Waals surface area contributed by atoms with Crippen LogP contribution in [0.2, 0.25) is 0 Å². The Hall–Kier alpha value is -0.560. The number of benzene rings is 1. The average Bonchev–Trinajstić information content (AvgIpc) is 2.28. The van der Waals surface area contributed by atoms with Crippen molar-refractivity contribution in [3.05, 3.63) is 39.9 Å². The zero-order valence-electron chi connectivity index (χ0n) is 7.26. The minimum atomic E-state index is 0.591. The zero-order valence-corrected chi connectivity index (χ0v) is 8.85. The van der Waals surface area contributed by atoms with E-state index >= 15 is 0 Å². The van der Waals surface area contributed by atoms with Crippen LogP contribution in [-0.4, -0.2) is 0 Å². The van der Waals surface area contributed by atoms with Gasteiger partial charge in [0.1, 0.15) is 0 Å². The van der Waals surface area contributed by atoms with Crippen molar-refractivity contribution in [1.29, 1.82) is 0 Å². The molecule has 0 N–H and O–H groups in total. The van der Waals surface area contributed by atoms with E-state index in [2.05, 4.69) is 54.1 Å². The SMILES string of the molecule is CC1=CC(C)c2ccc(Br)cc21. The molecular formula is C11H11Br. The summed E-state index contributed by atoms with van der Waals surface area (Å²) in [6.07, 6.45) is 2.32. The summed E-state index contributed by atoms with van der Waals surface area (Å²) in [6.45, 7) is 4.41. The lowest BCUT2D eigenvalue weighted by atomic mass is 10.0. The lowest BCUT2D eigenvalue weighted by Gasteiger charge is -2.04. The molecule has 1 aliphatic rings. The molecule has 0 spiro atoms. The molecule has 0 amide bonds. The maximum atomic E-state index is 3.49. The van der Waals surface area contributed by atoms with Crippen LogP contribution in [0.4, 0.5) is 0 Å². The van der Waals surface area contributed by atoms with Gasteiger partial charge < -0.3 is 0 Å². The van der Waals surface area contributed by atoms with Crippen molar-refractivity contribution in [1.82, 2.24) is 0 Å². The second-order valence-electron chi connectivity index (χ2n) is 3.37. The van der Waals surface area contributed by atoms with Crippen molar-refractivity contribution < 1.29 is 0 Å². The van der Waals surface area contributed by atoms with E-state index in [9.17, 15) is 0 Å².